The molecule has 0 radical (unpaired) electrons. The molecule has 0 saturated heterocycles. The van der Waals surface area contributed by atoms with E-state index in [-0.39, 0.29) is 5.78 Å². The zero-order valence-electron chi connectivity index (χ0n) is 10.8. The summed E-state index contributed by atoms with van der Waals surface area (Å²) in [5.74, 6) is 0.176. The van der Waals surface area contributed by atoms with Gasteiger partial charge in [-0.05, 0) is 29.8 Å². The summed E-state index contributed by atoms with van der Waals surface area (Å²) in [6, 6.07) is 15.7. The SMILES string of the molecule is O=C(Cc1ccc(Br)cc1)Cn1cnc2ccccc21. The zero-order chi connectivity index (χ0) is 13.9. The molecule has 0 bridgehead atoms. The molecule has 0 aliphatic carbocycles. The van der Waals surface area contributed by atoms with Gasteiger partial charge in [-0.2, -0.15) is 0 Å². The maximum absolute atomic E-state index is 12.1. The second kappa shape index (κ2) is 5.59. The van der Waals surface area contributed by atoms with Crippen molar-refractivity contribution in [1.82, 2.24) is 9.55 Å². The van der Waals surface area contributed by atoms with Crippen LogP contribution in [0.4, 0.5) is 0 Å². The quantitative estimate of drug-likeness (QED) is 0.733. The van der Waals surface area contributed by atoms with Crippen LogP contribution >= 0.6 is 15.9 Å². The van der Waals surface area contributed by atoms with Gasteiger partial charge < -0.3 is 4.57 Å². The Morgan fingerprint density at radius 1 is 1.10 bits per heavy atom. The van der Waals surface area contributed by atoms with E-state index in [1.807, 2.05) is 53.1 Å². The van der Waals surface area contributed by atoms with Crippen LogP contribution in [0.2, 0.25) is 0 Å². The largest absolute Gasteiger partial charge is 0.323 e. The van der Waals surface area contributed by atoms with Crippen molar-refractivity contribution in [2.45, 2.75) is 13.0 Å². The molecule has 0 saturated carbocycles. The first-order valence-electron chi connectivity index (χ1n) is 6.38. The van der Waals surface area contributed by atoms with Crippen LogP contribution in [0.15, 0.2) is 59.3 Å². The average Bonchev–Trinajstić information content (AvgIpc) is 2.85. The summed E-state index contributed by atoms with van der Waals surface area (Å²) in [7, 11) is 0. The van der Waals surface area contributed by atoms with Crippen LogP contribution in [-0.2, 0) is 17.8 Å². The van der Waals surface area contributed by atoms with Gasteiger partial charge >= 0.3 is 0 Å². The summed E-state index contributed by atoms with van der Waals surface area (Å²) in [6.07, 6.45) is 2.17. The molecule has 1 aromatic heterocycles. The number of hydrogen-bond donors (Lipinski definition) is 0. The number of fused-ring (bicyclic) bond motifs is 1. The molecule has 20 heavy (non-hydrogen) atoms. The van der Waals surface area contributed by atoms with E-state index in [9.17, 15) is 4.79 Å². The van der Waals surface area contributed by atoms with Gasteiger partial charge in [-0.15, -0.1) is 0 Å². The maximum Gasteiger partial charge on any atom is 0.156 e. The number of aromatic nitrogens is 2. The predicted molar refractivity (Wildman–Crippen MR) is 82.6 cm³/mol. The molecule has 2 aromatic carbocycles. The van der Waals surface area contributed by atoms with Gasteiger partial charge in [0.1, 0.15) is 0 Å². The van der Waals surface area contributed by atoms with Gasteiger partial charge in [0.05, 0.1) is 23.9 Å². The van der Waals surface area contributed by atoms with Crippen LogP contribution < -0.4 is 0 Å². The van der Waals surface area contributed by atoms with E-state index in [2.05, 4.69) is 20.9 Å². The van der Waals surface area contributed by atoms with Crippen LogP contribution in [0.3, 0.4) is 0 Å². The van der Waals surface area contributed by atoms with Crippen LogP contribution in [-0.4, -0.2) is 15.3 Å². The van der Waals surface area contributed by atoms with Crippen LogP contribution in [0.5, 0.6) is 0 Å². The van der Waals surface area contributed by atoms with Crippen molar-refractivity contribution in [3.8, 4) is 0 Å². The fraction of sp³-hybridized carbons (Fsp3) is 0.125. The van der Waals surface area contributed by atoms with Gasteiger partial charge in [-0.25, -0.2) is 4.98 Å². The number of nitrogens with zero attached hydrogens (tertiary/aromatic N) is 2. The average molecular weight is 329 g/mol. The number of hydrogen-bond acceptors (Lipinski definition) is 2. The van der Waals surface area contributed by atoms with E-state index in [0.29, 0.717) is 13.0 Å². The molecule has 0 aliphatic rings. The Morgan fingerprint density at radius 3 is 2.65 bits per heavy atom. The Hall–Kier alpha value is -1.94. The summed E-state index contributed by atoms with van der Waals surface area (Å²) in [6.45, 7) is 0.358. The fourth-order valence-electron chi connectivity index (χ4n) is 2.21. The molecule has 0 aliphatic heterocycles. The molecule has 3 nitrogen and oxygen atoms in total. The highest BCUT2D eigenvalue weighted by atomic mass is 79.9. The van der Waals surface area contributed by atoms with Crippen molar-refractivity contribution in [3.63, 3.8) is 0 Å². The van der Waals surface area contributed by atoms with Crippen molar-refractivity contribution in [2.75, 3.05) is 0 Å². The number of benzene rings is 2. The first-order valence-corrected chi connectivity index (χ1v) is 7.18. The molecular formula is C16H13BrN2O. The summed E-state index contributed by atoms with van der Waals surface area (Å²) in [4.78, 5) is 16.4. The Morgan fingerprint density at radius 2 is 1.85 bits per heavy atom. The van der Waals surface area contributed by atoms with E-state index in [1.165, 1.54) is 0 Å². The summed E-state index contributed by atoms with van der Waals surface area (Å²) < 4.78 is 2.92. The number of halogens is 1. The molecule has 0 fully saturated rings. The van der Waals surface area contributed by atoms with Crippen LogP contribution in [0.25, 0.3) is 11.0 Å². The highest BCUT2D eigenvalue weighted by Crippen LogP contribution is 2.14. The highest BCUT2D eigenvalue weighted by Gasteiger charge is 2.08. The third kappa shape index (κ3) is 2.80. The fourth-order valence-corrected chi connectivity index (χ4v) is 2.48. The van der Waals surface area contributed by atoms with Crippen LogP contribution in [0, 0.1) is 0 Å². The molecule has 0 N–H and O–H groups in total. The van der Waals surface area contributed by atoms with E-state index < -0.39 is 0 Å². The van der Waals surface area contributed by atoms with Gasteiger partial charge in [0, 0.05) is 10.9 Å². The van der Waals surface area contributed by atoms with Gasteiger partial charge in [0.15, 0.2) is 5.78 Å². The van der Waals surface area contributed by atoms with Gasteiger partial charge in [0.2, 0.25) is 0 Å². The summed E-state index contributed by atoms with van der Waals surface area (Å²) in [5, 5.41) is 0. The third-order valence-corrected chi connectivity index (χ3v) is 3.72. The number of Topliss-reactive ketones (excluding diaryl/α,β-unsaturated/α-hetero) is 1. The molecule has 3 aromatic rings. The number of imidazole rings is 1. The van der Waals surface area contributed by atoms with Crippen molar-refractivity contribution >= 4 is 32.7 Å². The summed E-state index contributed by atoms with van der Waals surface area (Å²) >= 11 is 3.39. The third-order valence-electron chi connectivity index (χ3n) is 3.19. The Balaban J connectivity index is 1.74. The first-order chi connectivity index (χ1) is 9.72. The van der Waals surface area contributed by atoms with E-state index in [4.69, 9.17) is 0 Å². The molecule has 1 heterocycles. The van der Waals surface area contributed by atoms with Gasteiger partial charge in [0.25, 0.3) is 0 Å². The molecule has 3 rings (SSSR count). The lowest BCUT2D eigenvalue weighted by molar-refractivity contribution is -0.118. The topological polar surface area (TPSA) is 34.9 Å². The van der Waals surface area contributed by atoms with Gasteiger partial charge in [-0.1, -0.05) is 40.2 Å². The minimum absolute atomic E-state index is 0.176. The maximum atomic E-state index is 12.1. The number of ketones is 1. The van der Waals surface area contributed by atoms with Crippen molar-refractivity contribution < 1.29 is 4.79 Å². The smallest absolute Gasteiger partial charge is 0.156 e. The lowest BCUT2D eigenvalue weighted by Gasteiger charge is -2.04. The number of para-hydroxylation sites is 2. The minimum Gasteiger partial charge on any atom is -0.323 e. The normalized spacial score (nSPS) is 10.8. The van der Waals surface area contributed by atoms with E-state index in [1.54, 1.807) is 6.33 Å². The van der Waals surface area contributed by atoms with E-state index >= 15 is 0 Å². The van der Waals surface area contributed by atoms with E-state index in [0.717, 1.165) is 21.1 Å². The second-order valence-electron chi connectivity index (χ2n) is 4.70. The summed E-state index contributed by atoms with van der Waals surface area (Å²) in [5.41, 5.74) is 2.95. The minimum atomic E-state index is 0.176. The molecule has 0 atom stereocenters. The number of carbonyl (C=O) groups excluding carboxylic acids is 1. The second-order valence-corrected chi connectivity index (χ2v) is 5.62. The zero-order valence-corrected chi connectivity index (χ0v) is 12.4. The standard InChI is InChI=1S/C16H13BrN2O/c17-13-7-5-12(6-8-13)9-14(20)10-19-11-18-15-3-1-2-4-16(15)19/h1-8,11H,9-10H2. The highest BCUT2D eigenvalue weighted by molar-refractivity contribution is 9.10. The van der Waals surface area contributed by atoms with Gasteiger partial charge in [-0.3, -0.25) is 4.79 Å². The molecule has 4 heteroatoms. The molecule has 0 amide bonds. The van der Waals surface area contributed by atoms with Crippen molar-refractivity contribution in [2.24, 2.45) is 0 Å². The molecule has 0 spiro atoms. The molecular weight excluding hydrogens is 316 g/mol. The predicted octanol–water partition coefficient (Wildman–Crippen LogP) is 3.61. The number of carbonyl (C=O) groups is 1. The first kappa shape index (κ1) is 13.1. The Kier molecular flexibility index (Phi) is 3.65. The lowest BCUT2D eigenvalue weighted by Crippen LogP contribution is -2.11. The lowest BCUT2D eigenvalue weighted by atomic mass is 10.1. The molecule has 0 unspecified atom stereocenters. The van der Waals surface area contributed by atoms with Crippen LogP contribution in [0.1, 0.15) is 5.56 Å². The Bertz CT molecular complexity index is 747. The van der Waals surface area contributed by atoms with Crippen molar-refractivity contribution in [3.05, 3.63) is 64.9 Å². The molecule has 100 valence electrons. The van der Waals surface area contributed by atoms with Crippen molar-refractivity contribution in [1.29, 1.82) is 0 Å². The number of rotatable bonds is 4. The Labute approximate surface area is 125 Å². The monoisotopic (exact) mass is 328 g/mol.